The van der Waals surface area contributed by atoms with Crippen LogP contribution >= 0.6 is 0 Å². The van der Waals surface area contributed by atoms with Crippen molar-refractivity contribution in [1.29, 1.82) is 0 Å². The Bertz CT molecular complexity index is 934. The van der Waals surface area contributed by atoms with Crippen molar-refractivity contribution >= 4 is 11.9 Å². The molecule has 28 heavy (non-hydrogen) atoms. The van der Waals surface area contributed by atoms with Gasteiger partial charge in [-0.05, 0) is 37.1 Å². The summed E-state index contributed by atoms with van der Waals surface area (Å²) in [5.74, 6) is -0.371. The van der Waals surface area contributed by atoms with Gasteiger partial charge in [0.15, 0.2) is 0 Å². The van der Waals surface area contributed by atoms with Gasteiger partial charge >= 0.3 is 5.97 Å². The molecule has 7 heteroatoms. The maximum Gasteiger partial charge on any atom is 0.339 e. The summed E-state index contributed by atoms with van der Waals surface area (Å²) < 4.78 is 10.8. The minimum Gasteiger partial charge on any atom is -0.444 e. The average Bonchev–Trinajstić information content (AvgIpc) is 3.46. The molecule has 0 N–H and O–H groups in total. The van der Waals surface area contributed by atoms with Gasteiger partial charge < -0.3 is 14.1 Å². The number of nitrogens with zero attached hydrogens (tertiary/aromatic N) is 3. The Kier molecular flexibility index (Phi) is 5.14. The molecule has 2 aromatic carbocycles. The van der Waals surface area contributed by atoms with E-state index in [9.17, 15) is 9.59 Å². The predicted octanol–water partition coefficient (Wildman–Crippen LogP) is 3.26. The largest absolute Gasteiger partial charge is 0.444 e. The van der Waals surface area contributed by atoms with Crippen molar-refractivity contribution in [2.45, 2.75) is 18.9 Å². The van der Waals surface area contributed by atoms with Gasteiger partial charge in [0.2, 0.25) is 18.4 Å². The molecule has 0 aliphatic carbocycles. The molecule has 142 valence electrons. The van der Waals surface area contributed by atoms with E-state index in [0.717, 1.165) is 12.8 Å². The highest BCUT2D eigenvalue weighted by molar-refractivity contribution is 5.93. The minimum atomic E-state index is -0.956. The summed E-state index contributed by atoms with van der Waals surface area (Å²) in [4.78, 5) is 27.4. The van der Waals surface area contributed by atoms with E-state index in [1.165, 1.54) is 6.39 Å². The van der Waals surface area contributed by atoms with Crippen LogP contribution in [0, 0.1) is 0 Å². The molecule has 1 aromatic heterocycles. The predicted molar refractivity (Wildman–Crippen MR) is 100 cm³/mol. The Morgan fingerprint density at radius 2 is 1.71 bits per heavy atom. The molecule has 0 radical (unpaired) electrons. The molecule has 0 unspecified atom stereocenters. The van der Waals surface area contributed by atoms with Crippen molar-refractivity contribution in [2.24, 2.45) is 0 Å². The van der Waals surface area contributed by atoms with Crippen molar-refractivity contribution in [3.8, 4) is 11.5 Å². The maximum atomic E-state index is 12.9. The number of carbonyl (C=O) groups excluding carboxylic acids is 2. The molecule has 1 fully saturated rings. The van der Waals surface area contributed by atoms with Gasteiger partial charge in [-0.2, -0.15) is 0 Å². The van der Waals surface area contributed by atoms with Crippen molar-refractivity contribution in [3.63, 3.8) is 0 Å². The normalized spacial score (nSPS) is 14.6. The monoisotopic (exact) mass is 377 g/mol. The first kappa shape index (κ1) is 17.9. The van der Waals surface area contributed by atoms with E-state index in [4.69, 9.17) is 9.15 Å². The number of carbonyl (C=O) groups is 2. The Morgan fingerprint density at radius 3 is 2.36 bits per heavy atom. The zero-order valence-corrected chi connectivity index (χ0v) is 15.2. The first-order valence-corrected chi connectivity index (χ1v) is 9.14. The SMILES string of the molecule is O=C(O[C@@H](C(=O)N1CCCC1)c1ccccc1)c1ccc(-c2nnco2)cc1. The summed E-state index contributed by atoms with van der Waals surface area (Å²) >= 11 is 0. The van der Waals surface area contributed by atoms with Crippen molar-refractivity contribution in [1.82, 2.24) is 15.1 Å². The van der Waals surface area contributed by atoms with E-state index in [2.05, 4.69) is 10.2 Å². The number of benzene rings is 2. The molecular weight excluding hydrogens is 358 g/mol. The molecule has 1 atom stereocenters. The summed E-state index contributed by atoms with van der Waals surface area (Å²) in [6.07, 6.45) is 2.23. The molecule has 1 aliphatic rings. The fourth-order valence-corrected chi connectivity index (χ4v) is 3.22. The number of esters is 1. The third kappa shape index (κ3) is 3.78. The Morgan fingerprint density at radius 1 is 1.00 bits per heavy atom. The van der Waals surface area contributed by atoms with Crippen LogP contribution in [0.25, 0.3) is 11.5 Å². The molecular formula is C21H19N3O4. The fourth-order valence-electron chi connectivity index (χ4n) is 3.22. The van der Waals surface area contributed by atoms with E-state index in [1.54, 1.807) is 41.3 Å². The number of rotatable bonds is 5. The van der Waals surface area contributed by atoms with Crippen LogP contribution in [-0.4, -0.2) is 40.1 Å². The Balaban J connectivity index is 1.54. The van der Waals surface area contributed by atoms with Crippen LogP contribution in [-0.2, 0) is 9.53 Å². The molecule has 1 amide bonds. The topological polar surface area (TPSA) is 85.5 Å². The van der Waals surface area contributed by atoms with Crippen LogP contribution in [0.5, 0.6) is 0 Å². The lowest BCUT2D eigenvalue weighted by atomic mass is 10.1. The molecule has 7 nitrogen and oxygen atoms in total. The van der Waals surface area contributed by atoms with Gasteiger partial charge in [0.1, 0.15) is 0 Å². The second-order valence-corrected chi connectivity index (χ2v) is 6.55. The summed E-state index contributed by atoms with van der Waals surface area (Å²) in [6.45, 7) is 1.39. The lowest BCUT2D eigenvalue weighted by molar-refractivity contribution is -0.140. The van der Waals surface area contributed by atoms with Crippen LogP contribution < -0.4 is 0 Å². The van der Waals surface area contributed by atoms with Crippen LogP contribution in [0.15, 0.2) is 65.4 Å². The molecule has 3 aromatic rings. The Labute approximate surface area is 161 Å². The first-order chi connectivity index (χ1) is 13.7. The van der Waals surface area contributed by atoms with Crippen molar-refractivity contribution in [3.05, 3.63) is 72.1 Å². The second-order valence-electron chi connectivity index (χ2n) is 6.55. The number of ether oxygens (including phenoxy) is 1. The number of likely N-dealkylation sites (tertiary alicyclic amines) is 1. The van der Waals surface area contributed by atoms with Crippen LogP contribution in [0.1, 0.15) is 34.9 Å². The van der Waals surface area contributed by atoms with Gasteiger partial charge in [0.05, 0.1) is 5.56 Å². The van der Waals surface area contributed by atoms with Gasteiger partial charge in [-0.3, -0.25) is 4.79 Å². The quantitative estimate of drug-likeness (QED) is 0.635. The fraction of sp³-hybridized carbons (Fsp3) is 0.238. The van der Waals surface area contributed by atoms with E-state index in [0.29, 0.717) is 35.7 Å². The number of aromatic nitrogens is 2. The van der Waals surface area contributed by atoms with E-state index >= 15 is 0 Å². The van der Waals surface area contributed by atoms with Gasteiger partial charge in [0.25, 0.3) is 5.91 Å². The number of hydrogen-bond donors (Lipinski definition) is 0. The molecule has 2 heterocycles. The van der Waals surface area contributed by atoms with Crippen LogP contribution in [0.3, 0.4) is 0 Å². The lowest BCUT2D eigenvalue weighted by Crippen LogP contribution is -2.34. The second kappa shape index (κ2) is 8.04. The van der Waals surface area contributed by atoms with Gasteiger partial charge in [-0.15, -0.1) is 10.2 Å². The zero-order valence-electron chi connectivity index (χ0n) is 15.2. The summed E-state index contributed by atoms with van der Waals surface area (Å²) in [7, 11) is 0. The summed E-state index contributed by atoms with van der Waals surface area (Å²) in [5, 5.41) is 7.47. The third-order valence-electron chi connectivity index (χ3n) is 4.70. The molecule has 0 saturated carbocycles. The van der Waals surface area contributed by atoms with Gasteiger partial charge in [-0.1, -0.05) is 30.3 Å². The van der Waals surface area contributed by atoms with Crippen molar-refractivity contribution in [2.75, 3.05) is 13.1 Å². The summed E-state index contributed by atoms with van der Waals surface area (Å²) in [5.41, 5.74) is 1.70. The highest BCUT2D eigenvalue weighted by atomic mass is 16.5. The van der Waals surface area contributed by atoms with Crippen LogP contribution in [0.2, 0.25) is 0 Å². The third-order valence-corrected chi connectivity index (χ3v) is 4.70. The standard InChI is InChI=1S/C21H19N3O4/c25-20(24-12-4-5-13-24)18(15-6-2-1-3-7-15)28-21(26)17-10-8-16(9-11-17)19-23-22-14-27-19/h1-3,6-11,14,18H,4-5,12-13H2/t18-/m1/s1. The Hall–Kier alpha value is -3.48. The summed E-state index contributed by atoms with van der Waals surface area (Å²) in [6, 6.07) is 15.7. The smallest absolute Gasteiger partial charge is 0.339 e. The molecule has 0 spiro atoms. The van der Waals surface area contributed by atoms with Gasteiger partial charge in [0, 0.05) is 24.2 Å². The van der Waals surface area contributed by atoms with Gasteiger partial charge in [-0.25, -0.2) is 4.79 Å². The average molecular weight is 377 g/mol. The first-order valence-electron chi connectivity index (χ1n) is 9.14. The highest BCUT2D eigenvalue weighted by Crippen LogP contribution is 2.25. The number of hydrogen-bond acceptors (Lipinski definition) is 6. The molecule has 1 aliphatic heterocycles. The van der Waals surface area contributed by atoms with E-state index in [1.807, 2.05) is 18.2 Å². The minimum absolute atomic E-state index is 0.181. The zero-order chi connectivity index (χ0) is 19.3. The van der Waals surface area contributed by atoms with E-state index < -0.39 is 12.1 Å². The van der Waals surface area contributed by atoms with Crippen molar-refractivity contribution < 1.29 is 18.7 Å². The van der Waals surface area contributed by atoms with Crippen LogP contribution in [0.4, 0.5) is 0 Å². The molecule has 0 bridgehead atoms. The lowest BCUT2D eigenvalue weighted by Gasteiger charge is -2.23. The van der Waals surface area contributed by atoms with E-state index in [-0.39, 0.29) is 5.91 Å². The number of amides is 1. The molecule has 4 rings (SSSR count). The highest BCUT2D eigenvalue weighted by Gasteiger charge is 2.31. The maximum absolute atomic E-state index is 12.9. The molecule has 1 saturated heterocycles.